The number of benzene rings is 3. The Morgan fingerprint density at radius 1 is 0.781 bits per heavy atom. The zero-order valence-electron chi connectivity index (χ0n) is 17.2. The number of carboxylic acids is 1. The Balaban J connectivity index is 1.62. The summed E-state index contributed by atoms with van der Waals surface area (Å²) in [6.45, 7) is 0. The largest absolute Gasteiger partial charge is 0.478 e. The third-order valence-corrected chi connectivity index (χ3v) is 6.51. The number of halogens is 2. The lowest BCUT2D eigenvalue weighted by Gasteiger charge is -2.13. The van der Waals surface area contributed by atoms with Crippen molar-refractivity contribution < 1.29 is 27.1 Å². The summed E-state index contributed by atoms with van der Waals surface area (Å²) in [5.74, 6) is -3.26. The molecule has 0 unspecified atom stereocenters. The van der Waals surface area contributed by atoms with Crippen molar-refractivity contribution in [3.05, 3.63) is 95.1 Å². The maximum atomic E-state index is 14.0. The third kappa shape index (κ3) is 5.70. The van der Waals surface area contributed by atoms with Crippen LogP contribution in [-0.2, 0) is 22.9 Å². The van der Waals surface area contributed by atoms with Crippen LogP contribution in [0.3, 0.4) is 0 Å². The topological polar surface area (TPSA) is 83.5 Å². The Morgan fingerprint density at radius 3 is 2.00 bits per heavy atom. The van der Waals surface area contributed by atoms with Crippen molar-refractivity contribution >= 4 is 21.7 Å². The van der Waals surface area contributed by atoms with E-state index in [1.54, 1.807) is 42.5 Å². The molecule has 3 aromatic carbocycles. The van der Waals surface area contributed by atoms with E-state index in [0.717, 1.165) is 43.0 Å². The van der Waals surface area contributed by atoms with Gasteiger partial charge >= 0.3 is 5.97 Å². The standard InChI is InChI=1S/C24H23F2NO4S/c25-20-14-8-15-21(26)23(20)32(30,31)27-22-16-7-5-12-18(22)11-3-1-2-9-17-10-4-6-13-19(17)24(28)29/h4-8,10,12-16,27H,1-3,9,11H2,(H,28,29). The van der Waals surface area contributed by atoms with Gasteiger partial charge in [0.1, 0.15) is 11.6 Å². The average Bonchev–Trinajstić information content (AvgIpc) is 2.74. The van der Waals surface area contributed by atoms with E-state index in [-0.39, 0.29) is 5.69 Å². The quantitative estimate of drug-likeness (QED) is 0.397. The number of hydrogen-bond donors (Lipinski definition) is 2. The molecule has 0 bridgehead atoms. The van der Waals surface area contributed by atoms with E-state index in [0.29, 0.717) is 24.0 Å². The molecule has 32 heavy (non-hydrogen) atoms. The number of rotatable bonds is 10. The molecule has 0 radical (unpaired) electrons. The number of carboxylic acid groups (broad SMARTS) is 1. The molecule has 0 saturated carbocycles. The SMILES string of the molecule is O=C(O)c1ccccc1CCCCCc1ccccc1NS(=O)(=O)c1c(F)cccc1F. The Kier molecular flexibility index (Phi) is 7.58. The highest BCUT2D eigenvalue weighted by atomic mass is 32.2. The van der Waals surface area contributed by atoms with E-state index in [9.17, 15) is 27.1 Å². The molecular formula is C24H23F2NO4S. The summed E-state index contributed by atoms with van der Waals surface area (Å²) in [4.78, 5) is 10.3. The maximum Gasteiger partial charge on any atom is 0.335 e. The summed E-state index contributed by atoms with van der Waals surface area (Å²) in [7, 11) is -4.44. The van der Waals surface area contributed by atoms with Crippen molar-refractivity contribution in [1.82, 2.24) is 0 Å². The Labute approximate surface area is 185 Å². The Bertz CT molecular complexity index is 1190. The molecule has 2 N–H and O–H groups in total. The average molecular weight is 460 g/mol. The van der Waals surface area contributed by atoms with Crippen LogP contribution in [0.5, 0.6) is 0 Å². The number of carbonyl (C=O) groups is 1. The van der Waals surface area contributed by atoms with Gasteiger partial charge in [-0.2, -0.15) is 0 Å². The van der Waals surface area contributed by atoms with Gasteiger partial charge in [-0.3, -0.25) is 4.72 Å². The predicted octanol–water partition coefficient (Wildman–Crippen LogP) is 5.42. The molecule has 0 amide bonds. The molecule has 0 saturated heterocycles. The maximum absolute atomic E-state index is 14.0. The second-order valence-corrected chi connectivity index (χ2v) is 8.96. The van der Waals surface area contributed by atoms with Crippen LogP contribution in [-0.4, -0.2) is 19.5 Å². The van der Waals surface area contributed by atoms with Crippen LogP contribution >= 0.6 is 0 Å². The van der Waals surface area contributed by atoms with Crippen LogP contribution in [0.25, 0.3) is 0 Å². The van der Waals surface area contributed by atoms with Crippen molar-refractivity contribution in [2.75, 3.05) is 4.72 Å². The summed E-state index contributed by atoms with van der Waals surface area (Å²) < 4.78 is 55.4. The first-order valence-electron chi connectivity index (χ1n) is 10.2. The van der Waals surface area contributed by atoms with Crippen molar-refractivity contribution in [1.29, 1.82) is 0 Å². The summed E-state index contributed by atoms with van der Waals surface area (Å²) in [6, 6.07) is 16.5. The van der Waals surface area contributed by atoms with Crippen molar-refractivity contribution in [2.45, 2.75) is 37.0 Å². The van der Waals surface area contributed by atoms with E-state index in [1.165, 1.54) is 0 Å². The van der Waals surface area contributed by atoms with Gasteiger partial charge < -0.3 is 5.11 Å². The van der Waals surface area contributed by atoms with Gasteiger partial charge in [0.15, 0.2) is 4.90 Å². The predicted molar refractivity (Wildman–Crippen MR) is 118 cm³/mol. The lowest BCUT2D eigenvalue weighted by atomic mass is 9.99. The molecule has 0 atom stereocenters. The number of nitrogens with one attached hydrogen (secondary N) is 1. The first-order chi connectivity index (χ1) is 15.3. The van der Waals surface area contributed by atoms with Gasteiger partial charge in [-0.05, 0) is 61.1 Å². The molecule has 0 aromatic heterocycles. The fourth-order valence-corrected chi connectivity index (χ4v) is 4.77. The van der Waals surface area contributed by atoms with Gasteiger partial charge in [-0.25, -0.2) is 22.0 Å². The summed E-state index contributed by atoms with van der Waals surface area (Å²) in [5, 5.41) is 9.25. The molecule has 0 spiro atoms. The molecule has 3 aromatic rings. The first-order valence-corrected chi connectivity index (χ1v) is 11.6. The fraction of sp³-hybridized carbons (Fsp3) is 0.208. The van der Waals surface area contributed by atoms with Crippen LogP contribution in [0.4, 0.5) is 14.5 Å². The minimum absolute atomic E-state index is 0.270. The molecule has 168 valence electrons. The van der Waals surface area contributed by atoms with Crippen molar-refractivity contribution in [3.63, 3.8) is 0 Å². The van der Waals surface area contributed by atoms with Crippen molar-refractivity contribution in [2.24, 2.45) is 0 Å². The van der Waals surface area contributed by atoms with E-state index >= 15 is 0 Å². The molecule has 5 nitrogen and oxygen atoms in total. The molecule has 0 heterocycles. The third-order valence-electron chi connectivity index (χ3n) is 5.09. The first kappa shape index (κ1) is 23.4. The van der Waals surface area contributed by atoms with Crippen molar-refractivity contribution in [3.8, 4) is 0 Å². The van der Waals surface area contributed by atoms with Gasteiger partial charge in [-0.1, -0.05) is 48.9 Å². The molecule has 8 heteroatoms. The number of anilines is 1. The van der Waals surface area contributed by atoms with Gasteiger partial charge in [0.2, 0.25) is 0 Å². The van der Waals surface area contributed by atoms with Crippen LogP contribution in [0.15, 0.2) is 71.6 Å². The van der Waals surface area contributed by atoms with E-state index in [2.05, 4.69) is 4.72 Å². The minimum atomic E-state index is -4.44. The zero-order chi connectivity index (χ0) is 23.1. The Morgan fingerprint density at radius 2 is 1.34 bits per heavy atom. The van der Waals surface area contributed by atoms with Gasteiger partial charge in [0.25, 0.3) is 10.0 Å². The smallest absolute Gasteiger partial charge is 0.335 e. The minimum Gasteiger partial charge on any atom is -0.478 e. The van der Waals surface area contributed by atoms with E-state index < -0.39 is 32.5 Å². The van der Waals surface area contributed by atoms with E-state index in [1.807, 2.05) is 6.07 Å². The number of aromatic carboxylic acids is 1. The molecular weight excluding hydrogens is 436 g/mol. The fourth-order valence-electron chi connectivity index (χ4n) is 3.53. The highest BCUT2D eigenvalue weighted by molar-refractivity contribution is 7.92. The molecule has 3 rings (SSSR count). The van der Waals surface area contributed by atoms with Gasteiger partial charge in [-0.15, -0.1) is 0 Å². The van der Waals surface area contributed by atoms with Gasteiger partial charge in [0, 0.05) is 0 Å². The van der Waals surface area contributed by atoms with Gasteiger partial charge in [0.05, 0.1) is 11.3 Å². The molecule has 0 aliphatic rings. The van der Waals surface area contributed by atoms with Crippen LogP contribution < -0.4 is 4.72 Å². The number of para-hydroxylation sites is 1. The number of aryl methyl sites for hydroxylation is 2. The number of unbranched alkanes of at least 4 members (excludes halogenated alkanes) is 2. The monoisotopic (exact) mass is 459 g/mol. The number of hydrogen-bond acceptors (Lipinski definition) is 3. The van der Waals surface area contributed by atoms with Crippen LogP contribution in [0, 0.1) is 11.6 Å². The highest BCUT2D eigenvalue weighted by Gasteiger charge is 2.24. The molecule has 0 aliphatic carbocycles. The normalized spacial score (nSPS) is 11.3. The number of sulfonamides is 1. The Hall–Kier alpha value is -3.26. The molecule has 0 fully saturated rings. The summed E-state index contributed by atoms with van der Waals surface area (Å²) >= 11 is 0. The highest BCUT2D eigenvalue weighted by Crippen LogP contribution is 2.25. The lowest BCUT2D eigenvalue weighted by Crippen LogP contribution is -2.17. The van der Waals surface area contributed by atoms with Crippen LogP contribution in [0.1, 0.15) is 40.7 Å². The summed E-state index contributed by atoms with van der Waals surface area (Å²) in [5.41, 5.74) is 2.05. The zero-order valence-corrected chi connectivity index (χ0v) is 18.0. The lowest BCUT2D eigenvalue weighted by molar-refractivity contribution is 0.0695. The molecule has 0 aliphatic heterocycles. The van der Waals surface area contributed by atoms with Crippen LogP contribution in [0.2, 0.25) is 0 Å². The second-order valence-electron chi connectivity index (χ2n) is 7.34. The van der Waals surface area contributed by atoms with E-state index in [4.69, 9.17) is 0 Å². The second kappa shape index (κ2) is 10.4. The summed E-state index contributed by atoms with van der Waals surface area (Å²) in [6.07, 6.45) is 3.50.